The highest BCUT2D eigenvalue weighted by Gasteiger charge is 2.41. The van der Waals surface area contributed by atoms with E-state index in [0.717, 1.165) is 38.0 Å². The summed E-state index contributed by atoms with van der Waals surface area (Å²) in [7, 11) is 0. The molecule has 0 bridgehead atoms. The molecule has 0 saturated carbocycles. The number of benzene rings is 1. The van der Waals surface area contributed by atoms with E-state index in [0.29, 0.717) is 19.7 Å². The highest BCUT2D eigenvalue weighted by molar-refractivity contribution is 5.93. The third-order valence-electron chi connectivity index (χ3n) is 5.57. The summed E-state index contributed by atoms with van der Waals surface area (Å²) in [6.45, 7) is 3.91. The molecule has 2 fully saturated rings. The molecule has 0 radical (unpaired) electrons. The van der Waals surface area contributed by atoms with Crippen LogP contribution in [0.4, 0.5) is 0 Å². The largest absolute Gasteiger partial charge is 0.508 e. The lowest BCUT2D eigenvalue weighted by Crippen LogP contribution is -2.58. The van der Waals surface area contributed by atoms with Gasteiger partial charge in [-0.3, -0.25) is 14.5 Å². The molecule has 2 aliphatic rings. The number of aromatic hydroxyl groups is 1. The Morgan fingerprint density at radius 2 is 2.11 bits per heavy atom. The van der Waals surface area contributed by atoms with Gasteiger partial charge in [0, 0.05) is 32.4 Å². The summed E-state index contributed by atoms with van der Waals surface area (Å²) in [5.74, 6) is -0.0136. The predicted molar refractivity (Wildman–Crippen MR) is 102 cm³/mol. The smallest absolute Gasteiger partial charge is 0.263 e. The number of rotatable bonds is 3. The Labute approximate surface area is 162 Å². The van der Waals surface area contributed by atoms with Gasteiger partial charge in [0.15, 0.2) is 0 Å². The molecular weight excluding hydrogens is 360 g/mol. The summed E-state index contributed by atoms with van der Waals surface area (Å²) >= 11 is 0. The van der Waals surface area contributed by atoms with Gasteiger partial charge in [-0.1, -0.05) is 12.1 Å². The van der Waals surface area contributed by atoms with Crippen LogP contribution in [0, 0.1) is 0 Å². The van der Waals surface area contributed by atoms with Gasteiger partial charge in [0.2, 0.25) is 0 Å². The minimum absolute atomic E-state index is 0.0703. The van der Waals surface area contributed by atoms with Gasteiger partial charge in [0.1, 0.15) is 11.3 Å². The van der Waals surface area contributed by atoms with E-state index in [9.17, 15) is 14.7 Å². The molecule has 1 aromatic heterocycles. The van der Waals surface area contributed by atoms with Gasteiger partial charge >= 0.3 is 0 Å². The van der Waals surface area contributed by atoms with E-state index >= 15 is 0 Å². The van der Waals surface area contributed by atoms with Crippen LogP contribution in [0.1, 0.15) is 28.8 Å². The lowest BCUT2D eigenvalue weighted by atomic mass is 9.89. The Morgan fingerprint density at radius 3 is 2.86 bits per heavy atom. The van der Waals surface area contributed by atoms with Crippen molar-refractivity contribution in [2.24, 2.45) is 0 Å². The van der Waals surface area contributed by atoms with E-state index in [1.807, 2.05) is 12.1 Å². The number of amides is 1. The first-order valence-electron chi connectivity index (χ1n) is 9.51. The minimum atomic E-state index is -0.415. The van der Waals surface area contributed by atoms with Gasteiger partial charge in [0.25, 0.3) is 11.5 Å². The Balaban J connectivity index is 1.39. The van der Waals surface area contributed by atoms with Crippen molar-refractivity contribution in [2.75, 3.05) is 32.8 Å². The number of hydrogen-bond acceptors (Lipinski definition) is 6. The third-order valence-corrected chi connectivity index (χ3v) is 5.57. The fraction of sp³-hybridized carbons (Fsp3) is 0.450. The molecule has 3 heterocycles. The van der Waals surface area contributed by atoms with Crippen LogP contribution in [0.15, 0.2) is 41.6 Å². The number of carbonyl (C=O) groups excluding carboxylic acids is 1. The number of piperidine rings is 1. The van der Waals surface area contributed by atoms with Crippen LogP contribution in [0.5, 0.6) is 5.75 Å². The number of carbonyl (C=O) groups is 1. The number of likely N-dealkylation sites (tertiary alicyclic amines) is 1. The van der Waals surface area contributed by atoms with Gasteiger partial charge in [-0.15, -0.1) is 0 Å². The maximum absolute atomic E-state index is 12.8. The van der Waals surface area contributed by atoms with Crippen LogP contribution in [-0.4, -0.2) is 69.2 Å². The zero-order chi connectivity index (χ0) is 19.6. The summed E-state index contributed by atoms with van der Waals surface area (Å²) in [5.41, 5.74) is 0.369. The molecule has 1 aromatic carbocycles. The van der Waals surface area contributed by atoms with Crippen molar-refractivity contribution in [3.05, 3.63) is 58.3 Å². The molecule has 1 spiro atoms. The zero-order valence-corrected chi connectivity index (χ0v) is 15.6. The Hall–Kier alpha value is -2.71. The van der Waals surface area contributed by atoms with Gasteiger partial charge < -0.3 is 19.7 Å². The second-order valence-corrected chi connectivity index (χ2v) is 7.50. The first kappa shape index (κ1) is 18.6. The second-order valence-electron chi connectivity index (χ2n) is 7.50. The molecule has 8 nitrogen and oxygen atoms in total. The average molecular weight is 384 g/mol. The van der Waals surface area contributed by atoms with Crippen molar-refractivity contribution < 1.29 is 14.6 Å². The Kier molecular flexibility index (Phi) is 5.15. The summed E-state index contributed by atoms with van der Waals surface area (Å²) in [6, 6.07) is 7.31. The van der Waals surface area contributed by atoms with Gasteiger partial charge in [-0.2, -0.15) is 0 Å². The van der Waals surface area contributed by atoms with E-state index in [1.165, 1.54) is 12.5 Å². The molecule has 2 aliphatic heterocycles. The van der Waals surface area contributed by atoms with Gasteiger partial charge in [0.05, 0.1) is 25.1 Å². The number of aromatic amines is 1. The minimum Gasteiger partial charge on any atom is -0.508 e. The molecule has 0 unspecified atom stereocenters. The van der Waals surface area contributed by atoms with E-state index in [-0.39, 0.29) is 22.8 Å². The molecule has 1 amide bonds. The second kappa shape index (κ2) is 7.73. The summed E-state index contributed by atoms with van der Waals surface area (Å²) in [6.07, 6.45) is 4.24. The van der Waals surface area contributed by atoms with Crippen LogP contribution in [0.3, 0.4) is 0 Å². The number of aromatic nitrogens is 2. The molecule has 8 heteroatoms. The highest BCUT2D eigenvalue weighted by atomic mass is 16.5. The predicted octanol–water partition coefficient (Wildman–Crippen LogP) is 0.983. The first-order valence-corrected chi connectivity index (χ1v) is 9.51. The average Bonchev–Trinajstić information content (AvgIpc) is 2.70. The summed E-state index contributed by atoms with van der Waals surface area (Å²) in [5, 5.41) is 9.63. The zero-order valence-electron chi connectivity index (χ0n) is 15.6. The van der Waals surface area contributed by atoms with E-state index in [2.05, 4.69) is 14.9 Å². The fourth-order valence-electron chi connectivity index (χ4n) is 4.02. The van der Waals surface area contributed by atoms with Crippen LogP contribution in [0.25, 0.3) is 0 Å². The van der Waals surface area contributed by atoms with Crippen molar-refractivity contribution in [3.63, 3.8) is 0 Å². The number of nitrogens with one attached hydrogen (secondary N) is 1. The number of phenolic OH excluding ortho intramolecular Hbond substituents is 1. The highest BCUT2D eigenvalue weighted by Crippen LogP contribution is 2.31. The lowest BCUT2D eigenvalue weighted by molar-refractivity contribution is -0.128. The molecule has 2 aromatic rings. The summed E-state index contributed by atoms with van der Waals surface area (Å²) in [4.78, 5) is 35.0. The maximum atomic E-state index is 12.8. The molecule has 28 heavy (non-hydrogen) atoms. The van der Waals surface area contributed by atoms with Crippen molar-refractivity contribution in [1.29, 1.82) is 0 Å². The number of H-pyrrole nitrogens is 1. The normalized spacial score (nSPS) is 19.6. The van der Waals surface area contributed by atoms with E-state index < -0.39 is 5.56 Å². The van der Waals surface area contributed by atoms with Gasteiger partial charge in [-0.05, 0) is 30.5 Å². The molecule has 0 aliphatic carbocycles. The maximum Gasteiger partial charge on any atom is 0.263 e. The van der Waals surface area contributed by atoms with Crippen molar-refractivity contribution in [3.8, 4) is 5.75 Å². The number of phenols is 1. The standard InChI is InChI=1S/C20H24N4O4/c25-16-3-1-2-15(10-16)12-23-6-4-20(5-7-23)13-24(8-9-28-20)19(27)17-11-21-14-22-18(17)26/h1-3,10-11,14,25H,4-9,12-13H2,(H,21,22,26). The van der Waals surface area contributed by atoms with Crippen LogP contribution >= 0.6 is 0 Å². The fourth-order valence-corrected chi connectivity index (χ4v) is 4.02. The molecule has 0 atom stereocenters. The third kappa shape index (κ3) is 3.93. The summed E-state index contributed by atoms with van der Waals surface area (Å²) < 4.78 is 6.11. The lowest BCUT2D eigenvalue weighted by Gasteiger charge is -2.47. The van der Waals surface area contributed by atoms with Crippen LogP contribution < -0.4 is 5.56 Å². The first-order chi connectivity index (χ1) is 13.5. The number of ether oxygens (including phenoxy) is 1. The van der Waals surface area contributed by atoms with Gasteiger partial charge in [-0.25, -0.2) is 4.98 Å². The van der Waals surface area contributed by atoms with E-state index in [1.54, 1.807) is 17.0 Å². The van der Waals surface area contributed by atoms with Crippen molar-refractivity contribution in [2.45, 2.75) is 25.0 Å². The van der Waals surface area contributed by atoms with Crippen molar-refractivity contribution in [1.82, 2.24) is 19.8 Å². The molecular formula is C20H24N4O4. The Morgan fingerprint density at radius 1 is 1.29 bits per heavy atom. The van der Waals surface area contributed by atoms with Crippen LogP contribution in [-0.2, 0) is 11.3 Å². The molecule has 148 valence electrons. The molecule has 4 rings (SSSR count). The SMILES string of the molecule is O=C(c1cnc[nH]c1=O)N1CCOC2(CCN(Cc3cccc(O)c3)CC2)C1. The monoisotopic (exact) mass is 384 g/mol. The number of morpholine rings is 1. The topological polar surface area (TPSA) is 98.8 Å². The molecule has 2 N–H and O–H groups in total. The van der Waals surface area contributed by atoms with Crippen LogP contribution in [0.2, 0.25) is 0 Å². The van der Waals surface area contributed by atoms with Crippen molar-refractivity contribution >= 4 is 5.91 Å². The number of hydrogen-bond donors (Lipinski definition) is 2. The Bertz CT molecular complexity index is 905. The number of nitrogens with zero attached hydrogens (tertiary/aromatic N) is 3. The van der Waals surface area contributed by atoms with E-state index in [4.69, 9.17) is 4.74 Å². The molecule has 2 saturated heterocycles. The quantitative estimate of drug-likeness (QED) is 0.819.